The largest absolute Gasteiger partial charge is 0.478 e. The first-order valence-corrected chi connectivity index (χ1v) is 4.01. The number of nitrogens with zero attached hydrogens (tertiary/aromatic N) is 1. The van der Waals surface area contributed by atoms with Gasteiger partial charge in [0.15, 0.2) is 0 Å². The molecular formula is C9H11N3O2. The van der Waals surface area contributed by atoms with Crippen molar-refractivity contribution in [3.63, 3.8) is 0 Å². The molecule has 4 N–H and O–H groups in total. The van der Waals surface area contributed by atoms with Crippen molar-refractivity contribution in [3.05, 3.63) is 30.1 Å². The fourth-order valence-corrected chi connectivity index (χ4v) is 1.07. The molecule has 0 saturated carbocycles. The number of hydrogen-bond donors (Lipinski definition) is 3. The predicted molar refractivity (Wildman–Crippen MR) is 53.2 cm³/mol. The summed E-state index contributed by atoms with van der Waals surface area (Å²) < 4.78 is 0. The number of carboxylic acids is 1. The van der Waals surface area contributed by atoms with Gasteiger partial charge in [-0.05, 0) is 25.2 Å². The normalized spacial score (nSPS) is 9.29. The van der Waals surface area contributed by atoms with Gasteiger partial charge < -0.3 is 15.8 Å². The molecule has 74 valence electrons. The van der Waals surface area contributed by atoms with Crippen LogP contribution in [0.2, 0.25) is 0 Å². The van der Waals surface area contributed by atoms with Gasteiger partial charge in [-0.3, -0.25) is 0 Å². The van der Waals surface area contributed by atoms with Crippen molar-refractivity contribution in [1.29, 1.82) is 0 Å². The van der Waals surface area contributed by atoms with E-state index in [2.05, 4.69) is 15.7 Å². The van der Waals surface area contributed by atoms with Crippen molar-refractivity contribution in [2.75, 3.05) is 7.05 Å². The van der Waals surface area contributed by atoms with Gasteiger partial charge in [-0.1, -0.05) is 0 Å². The SMILES string of the molecule is CN.O=C(O)c1ccc2nc[nH]c2c1. The summed E-state index contributed by atoms with van der Waals surface area (Å²) in [6.45, 7) is 0. The number of carbonyl (C=O) groups is 1. The van der Waals surface area contributed by atoms with Crippen LogP contribution in [0.25, 0.3) is 11.0 Å². The first-order chi connectivity index (χ1) is 6.77. The van der Waals surface area contributed by atoms with Gasteiger partial charge in [-0.25, -0.2) is 9.78 Å². The standard InChI is InChI=1S/C8H6N2O2.CH5N/c11-8(12)5-1-2-6-7(3-5)10-4-9-6;1-2/h1-4H,(H,9,10)(H,11,12);2H2,1H3. The average Bonchev–Trinajstić information content (AvgIpc) is 2.67. The molecule has 0 spiro atoms. The van der Waals surface area contributed by atoms with Crippen LogP contribution in [-0.2, 0) is 0 Å². The maximum Gasteiger partial charge on any atom is 0.335 e. The second-order valence-electron chi connectivity index (χ2n) is 2.44. The molecule has 14 heavy (non-hydrogen) atoms. The number of hydrogen-bond acceptors (Lipinski definition) is 3. The van der Waals surface area contributed by atoms with Crippen molar-refractivity contribution in [2.24, 2.45) is 5.73 Å². The molecule has 0 aliphatic carbocycles. The molecule has 0 bridgehead atoms. The molecule has 2 aromatic rings. The highest BCUT2D eigenvalue weighted by atomic mass is 16.4. The van der Waals surface area contributed by atoms with Crippen LogP contribution in [0, 0.1) is 0 Å². The van der Waals surface area contributed by atoms with Crippen molar-refractivity contribution < 1.29 is 9.90 Å². The number of carboxylic acid groups (broad SMARTS) is 1. The van der Waals surface area contributed by atoms with Crippen molar-refractivity contribution in [2.45, 2.75) is 0 Å². The summed E-state index contributed by atoms with van der Waals surface area (Å²) in [6.07, 6.45) is 1.54. The Kier molecular flexibility index (Phi) is 3.19. The van der Waals surface area contributed by atoms with Crippen LogP contribution in [0.5, 0.6) is 0 Å². The number of aromatic carboxylic acids is 1. The molecule has 0 aliphatic rings. The summed E-state index contributed by atoms with van der Waals surface area (Å²) in [5.74, 6) is -0.925. The maximum absolute atomic E-state index is 10.5. The Hall–Kier alpha value is -1.88. The number of benzene rings is 1. The molecule has 0 amide bonds. The van der Waals surface area contributed by atoms with Gasteiger partial charge in [0.1, 0.15) is 0 Å². The molecule has 5 nitrogen and oxygen atoms in total. The lowest BCUT2D eigenvalue weighted by molar-refractivity contribution is 0.0697. The Morgan fingerprint density at radius 1 is 1.50 bits per heavy atom. The van der Waals surface area contributed by atoms with E-state index in [9.17, 15) is 4.79 Å². The number of aromatic nitrogens is 2. The molecule has 0 radical (unpaired) electrons. The van der Waals surface area contributed by atoms with Crippen molar-refractivity contribution in [1.82, 2.24) is 9.97 Å². The lowest BCUT2D eigenvalue weighted by atomic mass is 10.2. The summed E-state index contributed by atoms with van der Waals surface area (Å²) >= 11 is 0. The Morgan fingerprint density at radius 3 is 2.86 bits per heavy atom. The van der Waals surface area contributed by atoms with Crippen molar-refractivity contribution >= 4 is 17.0 Å². The van der Waals surface area contributed by atoms with Gasteiger partial charge in [0.25, 0.3) is 0 Å². The van der Waals surface area contributed by atoms with Gasteiger partial charge in [0.2, 0.25) is 0 Å². The number of fused-ring (bicyclic) bond motifs is 1. The van der Waals surface area contributed by atoms with E-state index in [-0.39, 0.29) is 5.56 Å². The Balaban J connectivity index is 0.000000461. The van der Waals surface area contributed by atoms with E-state index in [0.717, 1.165) is 11.0 Å². The lowest BCUT2D eigenvalue weighted by Gasteiger charge is -1.92. The first kappa shape index (κ1) is 10.2. The minimum Gasteiger partial charge on any atom is -0.478 e. The quantitative estimate of drug-likeness (QED) is 0.625. The number of imidazole rings is 1. The minimum absolute atomic E-state index is 0.270. The fraction of sp³-hybridized carbons (Fsp3) is 0.111. The molecule has 0 fully saturated rings. The summed E-state index contributed by atoms with van der Waals surface area (Å²) in [4.78, 5) is 17.3. The van der Waals surface area contributed by atoms with Gasteiger partial charge in [-0.15, -0.1) is 0 Å². The van der Waals surface area contributed by atoms with Crippen LogP contribution in [0.4, 0.5) is 0 Å². The van der Waals surface area contributed by atoms with E-state index in [1.54, 1.807) is 12.1 Å². The molecule has 0 saturated heterocycles. The maximum atomic E-state index is 10.5. The summed E-state index contributed by atoms with van der Waals surface area (Å²) in [5, 5.41) is 8.65. The number of rotatable bonds is 1. The van der Waals surface area contributed by atoms with Crippen LogP contribution in [-0.4, -0.2) is 28.1 Å². The third-order valence-electron chi connectivity index (χ3n) is 1.67. The Labute approximate surface area is 80.6 Å². The highest BCUT2D eigenvalue weighted by Gasteiger charge is 2.03. The van der Waals surface area contributed by atoms with Crippen LogP contribution in [0.1, 0.15) is 10.4 Å². The highest BCUT2D eigenvalue weighted by Crippen LogP contribution is 2.10. The first-order valence-electron chi connectivity index (χ1n) is 4.01. The van der Waals surface area contributed by atoms with E-state index in [4.69, 9.17) is 5.11 Å². The third-order valence-corrected chi connectivity index (χ3v) is 1.67. The van der Waals surface area contributed by atoms with Crippen LogP contribution in [0.3, 0.4) is 0 Å². The number of aromatic amines is 1. The number of H-pyrrole nitrogens is 1. The molecule has 1 heterocycles. The van der Waals surface area contributed by atoms with Gasteiger partial charge in [-0.2, -0.15) is 0 Å². The topological polar surface area (TPSA) is 92.0 Å². The van der Waals surface area contributed by atoms with E-state index >= 15 is 0 Å². The molecule has 2 rings (SSSR count). The smallest absolute Gasteiger partial charge is 0.335 e. The summed E-state index contributed by atoms with van der Waals surface area (Å²) in [6, 6.07) is 4.77. The molecule has 5 heteroatoms. The van der Waals surface area contributed by atoms with Gasteiger partial charge in [0, 0.05) is 0 Å². The van der Waals surface area contributed by atoms with E-state index in [0.29, 0.717) is 0 Å². The lowest BCUT2D eigenvalue weighted by Crippen LogP contribution is -1.94. The Bertz CT molecular complexity index is 436. The monoisotopic (exact) mass is 193 g/mol. The van der Waals surface area contributed by atoms with Crippen LogP contribution >= 0.6 is 0 Å². The number of nitrogens with two attached hydrogens (primary N) is 1. The van der Waals surface area contributed by atoms with Gasteiger partial charge in [0.05, 0.1) is 22.9 Å². The Morgan fingerprint density at radius 2 is 2.21 bits per heavy atom. The zero-order chi connectivity index (χ0) is 10.6. The molecule has 1 aromatic carbocycles. The van der Waals surface area contributed by atoms with Gasteiger partial charge >= 0.3 is 5.97 Å². The second kappa shape index (κ2) is 4.38. The zero-order valence-corrected chi connectivity index (χ0v) is 7.69. The average molecular weight is 193 g/mol. The summed E-state index contributed by atoms with van der Waals surface area (Å²) in [7, 11) is 1.50. The molecular weight excluding hydrogens is 182 g/mol. The summed E-state index contributed by atoms with van der Waals surface area (Å²) in [5.41, 5.74) is 6.29. The minimum atomic E-state index is -0.925. The fourth-order valence-electron chi connectivity index (χ4n) is 1.07. The predicted octanol–water partition coefficient (Wildman–Crippen LogP) is 0.836. The van der Waals surface area contributed by atoms with E-state index in [1.807, 2.05) is 0 Å². The third kappa shape index (κ3) is 1.89. The second-order valence-corrected chi connectivity index (χ2v) is 2.44. The molecule has 0 aliphatic heterocycles. The molecule has 1 aromatic heterocycles. The molecule has 0 unspecified atom stereocenters. The van der Waals surface area contributed by atoms with Crippen LogP contribution < -0.4 is 5.73 Å². The van der Waals surface area contributed by atoms with Crippen LogP contribution in [0.15, 0.2) is 24.5 Å². The molecule has 0 atom stereocenters. The van der Waals surface area contributed by atoms with E-state index < -0.39 is 5.97 Å². The highest BCUT2D eigenvalue weighted by molar-refractivity contribution is 5.92. The van der Waals surface area contributed by atoms with Crippen molar-refractivity contribution in [3.8, 4) is 0 Å². The zero-order valence-electron chi connectivity index (χ0n) is 7.69. The number of nitrogens with one attached hydrogen (secondary N) is 1. The van der Waals surface area contributed by atoms with E-state index in [1.165, 1.54) is 19.4 Å².